The summed E-state index contributed by atoms with van der Waals surface area (Å²) >= 11 is 0. The summed E-state index contributed by atoms with van der Waals surface area (Å²) < 4.78 is 31.7. The molecular weight excluding hydrogens is 366 g/mol. The zero-order valence-electron chi connectivity index (χ0n) is 15.1. The summed E-state index contributed by atoms with van der Waals surface area (Å²) in [5.41, 5.74) is 0.995. The van der Waals surface area contributed by atoms with Gasteiger partial charge in [-0.15, -0.1) is 0 Å². The van der Waals surface area contributed by atoms with Crippen LogP contribution in [0.15, 0.2) is 58.3 Å². The van der Waals surface area contributed by atoms with Crippen LogP contribution >= 0.6 is 0 Å². The molecule has 2 N–H and O–H groups in total. The van der Waals surface area contributed by atoms with Crippen molar-refractivity contribution in [3.05, 3.63) is 54.1 Å². The quantitative estimate of drug-likeness (QED) is 0.709. The zero-order valence-corrected chi connectivity index (χ0v) is 15.9. The minimum absolute atomic E-state index is 0.0166. The Hall–Kier alpha value is -1.93. The average molecular weight is 391 g/mol. The van der Waals surface area contributed by atoms with Crippen molar-refractivity contribution in [2.45, 2.75) is 28.7 Å². The van der Waals surface area contributed by atoms with Crippen molar-refractivity contribution in [3.63, 3.8) is 0 Å². The van der Waals surface area contributed by atoms with Gasteiger partial charge in [0.25, 0.3) is 0 Å². The molecule has 0 unspecified atom stereocenters. The summed E-state index contributed by atoms with van der Waals surface area (Å²) in [6.45, 7) is 1.55. The predicted octanol–water partition coefficient (Wildman–Crippen LogP) is 1.50. The molecule has 2 aromatic rings. The normalized spacial score (nSPS) is 16.8. The number of aliphatic hydroxyl groups excluding tert-OH is 2. The number of sulfone groups is 1. The molecule has 0 saturated carbocycles. The van der Waals surface area contributed by atoms with E-state index in [0.29, 0.717) is 25.4 Å². The van der Waals surface area contributed by atoms with E-state index in [9.17, 15) is 8.42 Å². The van der Waals surface area contributed by atoms with Crippen LogP contribution < -0.4 is 4.74 Å². The minimum Gasteiger partial charge on any atom is -0.489 e. The molecule has 146 valence electrons. The predicted molar refractivity (Wildman–Crippen MR) is 102 cm³/mol. The first-order valence-corrected chi connectivity index (χ1v) is 10.6. The number of aliphatic hydroxyl groups is 2. The Labute approximate surface area is 159 Å². The molecule has 3 rings (SSSR count). The Morgan fingerprint density at radius 1 is 1.00 bits per heavy atom. The number of fused-ring (bicyclic) bond motifs is 1. The number of hydrogen-bond acceptors (Lipinski definition) is 6. The molecule has 7 heteroatoms. The molecule has 0 amide bonds. The molecule has 1 aliphatic heterocycles. The smallest absolute Gasteiger partial charge is 0.206 e. The third kappa shape index (κ3) is 4.68. The van der Waals surface area contributed by atoms with Crippen molar-refractivity contribution in [3.8, 4) is 5.75 Å². The highest BCUT2D eigenvalue weighted by Gasteiger charge is 2.25. The molecule has 0 aromatic heterocycles. The van der Waals surface area contributed by atoms with Gasteiger partial charge in [-0.1, -0.05) is 24.3 Å². The highest BCUT2D eigenvalue weighted by atomic mass is 32.2. The zero-order chi connectivity index (χ0) is 19.3. The molecule has 0 aliphatic carbocycles. The number of nitrogens with zero attached hydrogens (tertiary/aromatic N) is 1. The largest absolute Gasteiger partial charge is 0.489 e. The Bertz CT molecular complexity index is 848. The van der Waals surface area contributed by atoms with E-state index < -0.39 is 9.84 Å². The molecule has 0 saturated heterocycles. The van der Waals surface area contributed by atoms with Crippen molar-refractivity contribution >= 4 is 9.84 Å². The summed E-state index contributed by atoms with van der Waals surface area (Å²) in [5.74, 6) is 0.594. The van der Waals surface area contributed by atoms with Crippen LogP contribution in [0.5, 0.6) is 5.75 Å². The maximum atomic E-state index is 12.8. The van der Waals surface area contributed by atoms with Gasteiger partial charge in [0.15, 0.2) is 0 Å². The van der Waals surface area contributed by atoms with Crippen LogP contribution in [0.3, 0.4) is 0 Å². The summed E-state index contributed by atoms with van der Waals surface area (Å²) in [5, 5.41) is 18.3. The molecule has 1 heterocycles. The standard InChI is InChI=1S/C20H25NO5S/c22-12-10-21(11-13-23)15-17-8-6-16-7-9-19(14-20(16)26-17)27(24,25)18-4-2-1-3-5-18/h1-5,7,9,14,17,22-23H,6,8,10-13,15H2/t17-/m1/s1. The lowest BCUT2D eigenvalue weighted by atomic mass is 10.0. The van der Waals surface area contributed by atoms with Crippen LogP contribution in [0.1, 0.15) is 12.0 Å². The van der Waals surface area contributed by atoms with E-state index in [1.54, 1.807) is 42.5 Å². The molecule has 1 atom stereocenters. The van der Waals surface area contributed by atoms with Gasteiger partial charge in [-0.2, -0.15) is 0 Å². The topological polar surface area (TPSA) is 87.1 Å². The molecule has 1 aliphatic rings. The van der Waals surface area contributed by atoms with Gasteiger partial charge in [0, 0.05) is 19.6 Å². The van der Waals surface area contributed by atoms with Crippen LogP contribution in [0.4, 0.5) is 0 Å². The van der Waals surface area contributed by atoms with E-state index in [4.69, 9.17) is 14.9 Å². The Balaban J connectivity index is 1.79. The van der Waals surface area contributed by atoms with Gasteiger partial charge in [0.2, 0.25) is 9.84 Å². The third-order valence-electron chi connectivity index (χ3n) is 4.73. The second kappa shape index (κ2) is 8.84. The Morgan fingerprint density at radius 2 is 1.70 bits per heavy atom. The molecule has 0 fully saturated rings. The lowest BCUT2D eigenvalue weighted by molar-refractivity contribution is 0.0891. The van der Waals surface area contributed by atoms with Gasteiger partial charge < -0.3 is 14.9 Å². The number of hydrogen-bond donors (Lipinski definition) is 2. The average Bonchev–Trinajstić information content (AvgIpc) is 2.68. The minimum atomic E-state index is -3.59. The number of rotatable bonds is 8. The van der Waals surface area contributed by atoms with Gasteiger partial charge in [0.1, 0.15) is 11.9 Å². The Kier molecular flexibility index (Phi) is 6.49. The molecule has 2 aromatic carbocycles. The number of ether oxygens (including phenoxy) is 1. The summed E-state index contributed by atoms with van der Waals surface area (Å²) in [7, 11) is -3.59. The maximum absolute atomic E-state index is 12.8. The fraction of sp³-hybridized carbons (Fsp3) is 0.400. The molecule has 27 heavy (non-hydrogen) atoms. The highest BCUT2D eigenvalue weighted by molar-refractivity contribution is 7.91. The highest BCUT2D eigenvalue weighted by Crippen LogP contribution is 2.32. The first kappa shape index (κ1) is 19.8. The van der Waals surface area contributed by atoms with Crippen molar-refractivity contribution < 1.29 is 23.4 Å². The fourth-order valence-electron chi connectivity index (χ4n) is 3.30. The molecule has 6 nitrogen and oxygen atoms in total. The van der Waals surface area contributed by atoms with Crippen molar-refractivity contribution in [2.24, 2.45) is 0 Å². The number of benzene rings is 2. The van der Waals surface area contributed by atoms with Crippen molar-refractivity contribution in [2.75, 3.05) is 32.8 Å². The summed E-state index contributed by atoms with van der Waals surface area (Å²) in [6, 6.07) is 13.4. The van der Waals surface area contributed by atoms with E-state index in [-0.39, 0.29) is 29.1 Å². The van der Waals surface area contributed by atoms with Gasteiger partial charge in [0.05, 0.1) is 23.0 Å². The summed E-state index contributed by atoms with van der Waals surface area (Å²) in [4.78, 5) is 2.42. The van der Waals surface area contributed by atoms with Gasteiger partial charge in [-0.3, -0.25) is 4.90 Å². The van der Waals surface area contributed by atoms with Crippen molar-refractivity contribution in [1.82, 2.24) is 4.90 Å². The molecule has 0 bridgehead atoms. The SMILES string of the molecule is O=S(=O)(c1ccccc1)c1ccc2c(c1)O[C@@H](CN(CCO)CCO)CC2. The van der Waals surface area contributed by atoms with Crippen LogP contribution in [0, 0.1) is 0 Å². The summed E-state index contributed by atoms with van der Waals surface area (Å²) in [6.07, 6.45) is 1.51. The fourth-order valence-corrected chi connectivity index (χ4v) is 4.60. The van der Waals surface area contributed by atoms with E-state index in [1.165, 1.54) is 0 Å². The van der Waals surface area contributed by atoms with Crippen LogP contribution in [0.2, 0.25) is 0 Å². The van der Waals surface area contributed by atoms with E-state index in [1.807, 2.05) is 11.0 Å². The second-order valence-electron chi connectivity index (χ2n) is 6.61. The Morgan fingerprint density at radius 3 is 2.37 bits per heavy atom. The maximum Gasteiger partial charge on any atom is 0.206 e. The third-order valence-corrected chi connectivity index (χ3v) is 6.49. The second-order valence-corrected chi connectivity index (χ2v) is 8.56. The molecular formula is C20H25NO5S. The van der Waals surface area contributed by atoms with Crippen molar-refractivity contribution in [1.29, 1.82) is 0 Å². The lowest BCUT2D eigenvalue weighted by Gasteiger charge is -2.31. The monoisotopic (exact) mass is 391 g/mol. The van der Waals surface area contributed by atoms with Crippen LogP contribution in [-0.2, 0) is 16.3 Å². The van der Waals surface area contributed by atoms with Gasteiger partial charge >= 0.3 is 0 Å². The van der Waals surface area contributed by atoms with Crippen LogP contribution in [0.25, 0.3) is 0 Å². The van der Waals surface area contributed by atoms with Crippen LogP contribution in [-0.4, -0.2) is 62.5 Å². The van der Waals surface area contributed by atoms with E-state index in [0.717, 1.165) is 18.4 Å². The van der Waals surface area contributed by atoms with E-state index in [2.05, 4.69) is 0 Å². The molecule has 0 radical (unpaired) electrons. The van der Waals surface area contributed by atoms with Gasteiger partial charge in [-0.25, -0.2) is 8.42 Å². The first-order chi connectivity index (χ1) is 13.0. The molecule has 0 spiro atoms. The lowest BCUT2D eigenvalue weighted by Crippen LogP contribution is -2.40. The first-order valence-electron chi connectivity index (χ1n) is 9.08. The number of aryl methyl sites for hydroxylation is 1. The van der Waals surface area contributed by atoms with Gasteiger partial charge in [-0.05, 0) is 42.7 Å². The van der Waals surface area contributed by atoms with E-state index >= 15 is 0 Å².